The summed E-state index contributed by atoms with van der Waals surface area (Å²) >= 11 is 0. The van der Waals surface area contributed by atoms with Crippen LogP contribution in [0.2, 0.25) is 0 Å². The van der Waals surface area contributed by atoms with Gasteiger partial charge in [-0.05, 0) is 6.42 Å². The lowest BCUT2D eigenvalue weighted by Gasteiger charge is -2.43. The molecule has 1 atom stereocenters. The van der Waals surface area contributed by atoms with Gasteiger partial charge in [-0.3, -0.25) is 4.79 Å². The lowest BCUT2D eigenvalue weighted by molar-refractivity contribution is -0.463. The molecule has 2 nitrogen and oxygen atoms in total. The van der Waals surface area contributed by atoms with Crippen LogP contribution in [0.3, 0.4) is 0 Å². The molecule has 0 aliphatic rings. The minimum Gasteiger partial charge on any atom is -0.481 e. The minimum absolute atomic E-state index is 0.175. The van der Waals surface area contributed by atoms with Crippen molar-refractivity contribution in [1.29, 1.82) is 0 Å². The predicted octanol–water partition coefficient (Wildman–Crippen LogP) is 10.8. The summed E-state index contributed by atoms with van der Waals surface area (Å²) in [5.74, 6) is -64.8. The zero-order chi connectivity index (χ0) is 34.3. The average Bonchev–Trinajstić information content (AvgIpc) is 2.84. The maximum Gasteiger partial charge on any atom is 0.460 e. The number of alkyl halides is 17. The zero-order valence-corrected chi connectivity index (χ0v) is 22.6. The summed E-state index contributed by atoms with van der Waals surface area (Å²) in [5.41, 5.74) is 0. The molecule has 1 unspecified atom stereocenters. The summed E-state index contributed by atoms with van der Waals surface area (Å²) in [5, 5.41) is 8.87. The number of unbranched alkanes of at least 4 members (excludes halogenated alkanes) is 11. The molecule has 0 aromatic rings. The van der Waals surface area contributed by atoms with E-state index < -0.39 is 72.4 Å². The lowest BCUT2D eigenvalue weighted by atomic mass is 9.83. The molecule has 0 radical (unpaired) electrons. The van der Waals surface area contributed by atoms with Gasteiger partial charge in [0.25, 0.3) is 0 Å². The number of carbonyl (C=O) groups is 1. The molecule has 0 rings (SSSR count). The molecular formula is C24H31F17O2. The van der Waals surface area contributed by atoms with E-state index in [9.17, 15) is 79.4 Å². The SMILES string of the molecule is CCCCCCCCCCCCCCC(C(=O)O)C(F)(F)C(F)(F)C(F)(F)C(F)(F)C(F)(F)C(F)(F)C(F)(F)C(F)(F)F. The van der Waals surface area contributed by atoms with Gasteiger partial charge in [0.15, 0.2) is 0 Å². The second-order valence-corrected chi connectivity index (χ2v) is 10.1. The first-order chi connectivity index (χ1) is 19.1. The number of hydrogen-bond donors (Lipinski definition) is 1. The summed E-state index contributed by atoms with van der Waals surface area (Å²) in [6, 6.07) is 0. The highest BCUT2D eigenvalue weighted by atomic mass is 19.4. The van der Waals surface area contributed by atoms with Gasteiger partial charge in [-0.15, -0.1) is 0 Å². The monoisotopic (exact) mass is 674 g/mol. The standard InChI is InChI=1S/C24H31F17O2/c1-2-3-4-5-6-7-8-9-10-11-12-13-14-15(16(42)43)17(25,26)18(27,28)19(29,30)20(31,32)21(33,34)22(35,36)23(37,38)24(39,40)41/h15H,2-14H2,1H3,(H,42,43). The van der Waals surface area contributed by atoms with E-state index in [1.54, 1.807) is 0 Å². The largest absolute Gasteiger partial charge is 0.481 e. The van der Waals surface area contributed by atoms with Gasteiger partial charge in [0.05, 0.1) is 0 Å². The van der Waals surface area contributed by atoms with E-state index in [-0.39, 0.29) is 12.8 Å². The Bertz CT molecular complexity index is 868. The molecule has 0 heterocycles. The Morgan fingerprint density at radius 1 is 0.465 bits per heavy atom. The first-order valence-corrected chi connectivity index (χ1v) is 13.1. The van der Waals surface area contributed by atoms with Crippen LogP contribution in [0.4, 0.5) is 74.6 Å². The minimum atomic E-state index is -8.74. The zero-order valence-electron chi connectivity index (χ0n) is 22.6. The normalized spacial score (nSPS) is 15.6. The number of halogens is 17. The van der Waals surface area contributed by atoms with Crippen molar-refractivity contribution in [3.63, 3.8) is 0 Å². The fourth-order valence-electron chi connectivity index (χ4n) is 4.04. The Morgan fingerprint density at radius 2 is 0.744 bits per heavy atom. The molecule has 19 heteroatoms. The van der Waals surface area contributed by atoms with Crippen LogP contribution in [-0.2, 0) is 4.79 Å². The second-order valence-electron chi connectivity index (χ2n) is 10.1. The first kappa shape index (κ1) is 41.3. The van der Waals surface area contributed by atoms with E-state index in [1.807, 2.05) is 6.92 Å². The van der Waals surface area contributed by atoms with Crippen LogP contribution in [0, 0.1) is 5.92 Å². The summed E-state index contributed by atoms with van der Waals surface area (Å²) in [6.45, 7) is 2.03. The fraction of sp³-hybridized carbons (Fsp3) is 0.958. The van der Waals surface area contributed by atoms with Crippen molar-refractivity contribution < 1.29 is 84.5 Å². The van der Waals surface area contributed by atoms with Crippen molar-refractivity contribution in [2.45, 2.75) is 138 Å². The van der Waals surface area contributed by atoms with E-state index in [2.05, 4.69) is 0 Å². The van der Waals surface area contributed by atoms with Gasteiger partial charge < -0.3 is 5.11 Å². The van der Waals surface area contributed by atoms with Crippen LogP contribution in [0.1, 0.15) is 90.4 Å². The van der Waals surface area contributed by atoms with Gasteiger partial charge in [0, 0.05) is 0 Å². The van der Waals surface area contributed by atoms with Crippen molar-refractivity contribution in [3.8, 4) is 0 Å². The van der Waals surface area contributed by atoms with Gasteiger partial charge in [-0.25, -0.2) is 0 Å². The maximum absolute atomic E-state index is 14.4. The van der Waals surface area contributed by atoms with Gasteiger partial charge in [-0.1, -0.05) is 84.0 Å². The smallest absolute Gasteiger partial charge is 0.460 e. The van der Waals surface area contributed by atoms with Gasteiger partial charge in [0.2, 0.25) is 0 Å². The third kappa shape index (κ3) is 8.12. The van der Waals surface area contributed by atoms with Gasteiger partial charge in [-0.2, -0.15) is 74.6 Å². The van der Waals surface area contributed by atoms with Crippen molar-refractivity contribution in [2.24, 2.45) is 5.92 Å². The van der Waals surface area contributed by atoms with Crippen LogP contribution >= 0.6 is 0 Å². The van der Waals surface area contributed by atoms with E-state index in [0.717, 1.165) is 44.9 Å². The molecule has 43 heavy (non-hydrogen) atoms. The average molecular weight is 674 g/mol. The Hall–Kier alpha value is -1.72. The molecule has 258 valence electrons. The number of hydrogen-bond acceptors (Lipinski definition) is 1. The van der Waals surface area contributed by atoms with E-state index >= 15 is 0 Å². The lowest BCUT2D eigenvalue weighted by Crippen LogP contribution is -2.75. The molecule has 0 aromatic heterocycles. The van der Waals surface area contributed by atoms with Crippen molar-refractivity contribution in [1.82, 2.24) is 0 Å². The van der Waals surface area contributed by atoms with Crippen LogP contribution in [0.25, 0.3) is 0 Å². The molecule has 0 fully saturated rings. The van der Waals surface area contributed by atoms with Crippen molar-refractivity contribution in [2.75, 3.05) is 0 Å². The molecule has 0 amide bonds. The Morgan fingerprint density at radius 3 is 1.05 bits per heavy atom. The quantitative estimate of drug-likeness (QED) is 0.0972. The number of aliphatic carboxylic acids is 1. The van der Waals surface area contributed by atoms with E-state index in [4.69, 9.17) is 5.11 Å². The van der Waals surface area contributed by atoms with Crippen LogP contribution in [0.5, 0.6) is 0 Å². The Balaban J connectivity index is 5.74. The summed E-state index contributed by atoms with van der Waals surface area (Å²) < 4.78 is 229. The van der Waals surface area contributed by atoms with Gasteiger partial charge >= 0.3 is 53.6 Å². The summed E-state index contributed by atoms with van der Waals surface area (Å²) in [4.78, 5) is 11.2. The summed E-state index contributed by atoms with van der Waals surface area (Å²) in [7, 11) is 0. The van der Waals surface area contributed by atoms with E-state index in [1.165, 1.54) is 0 Å². The molecule has 0 spiro atoms. The maximum atomic E-state index is 14.4. The molecule has 0 aliphatic heterocycles. The van der Waals surface area contributed by atoms with Crippen molar-refractivity contribution in [3.05, 3.63) is 0 Å². The van der Waals surface area contributed by atoms with Crippen LogP contribution < -0.4 is 0 Å². The van der Waals surface area contributed by atoms with Gasteiger partial charge in [0.1, 0.15) is 5.92 Å². The molecule has 0 saturated carbocycles. The molecule has 0 aromatic carbocycles. The Kier molecular flexibility index (Phi) is 14.0. The third-order valence-electron chi connectivity index (χ3n) is 6.83. The highest BCUT2D eigenvalue weighted by Gasteiger charge is 2.95. The van der Waals surface area contributed by atoms with Crippen molar-refractivity contribution >= 4 is 5.97 Å². The van der Waals surface area contributed by atoms with Crippen LogP contribution in [0.15, 0.2) is 0 Å². The Labute approximate surface area is 235 Å². The highest BCUT2D eigenvalue weighted by Crippen LogP contribution is 2.64. The van der Waals surface area contributed by atoms with Crippen LogP contribution in [-0.4, -0.2) is 58.7 Å². The highest BCUT2D eigenvalue weighted by molar-refractivity contribution is 5.71. The fourth-order valence-corrected chi connectivity index (χ4v) is 4.04. The van der Waals surface area contributed by atoms with E-state index in [0.29, 0.717) is 12.8 Å². The topological polar surface area (TPSA) is 37.3 Å². The predicted molar refractivity (Wildman–Crippen MR) is 118 cm³/mol. The number of carboxylic acids is 1. The molecule has 0 bridgehead atoms. The molecule has 0 aliphatic carbocycles. The summed E-state index contributed by atoms with van der Waals surface area (Å²) in [6.07, 6.45) is -2.38. The molecule has 1 N–H and O–H groups in total. The number of rotatable bonds is 21. The third-order valence-corrected chi connectivity index (χ3v) is 6.83. The molecule has 0 saturated heterocycles. The second kappa shape index (κ2) is 14.6. The first-order valence-electron chi connectivity index (χ1n) is 13.1. The number of carboxylic acid groups (broad SMARTS) is 1. The molecular weight excluding hydrogens is 643 g/mol.